The number of hydrogen-bond donors (Lipinski definition) is 5. The summed E-state index contributed by atoms with van der Waals surface area (Å²) in [7, 11) is 0. The lowest BCUT2D eigenvalue weighted by Crippen LogP contribution is -2.71. The lowest BCUT2D eigenvalue weighted by molar-refractivity contribution is -0.151. The van der Waals surface area contributed by atoms with Gasteiger partial charge in [0.25, 0.3) is 22.6 Å². The van der Waals surface area contributed by atoms with Gasteiger partial charge in [-0.05, 0) is 35.8 Å². The molecule has 0 aliphatic carbocycles. The van der Waals surface area contributed by atoms with E-state index in [9.17, 15) is 33.9 Å². The molecular weight excluding hydrogens is 675 g/mol. The standard InChI is InChI=1S/C32H27N7O8S2/c1-15-7-9-16(10-8-15)20-12-11-19(25(41)34-20)26(42)35-21(17-5-3-2-4-6-17)27(43)36-22-29(44)39-23(31(45)46)18(13-48-30(22)39)14-49-32-38-37-28(47-32)24(33)40/h2-12,21-22,30H,13-14H2,1H3,(H2,33,40)(H,34,41)(H,35,42)(H,36,43)(H,45,46)/t21?,22?,30-/m0/s1. The minimum Gasteiger partial charge on any atom is -0.477 e. The van der Waals surface area contributed by atoms with Crippen molar-refractivity contribution >= 4 is 53.1 Å². The van der Waals surface area contributed by atoms with E-state index < -0.39 is 58.5 Å². The normalized spacial score (nSPS) is 17.5. The molecule has 1 fully saturated rings. The van der Waals surface area contributed by atoms with Crippen LogP contribution in [0.15, 0.2) is 92.4 Å². The Bertz CT molecular complexity index is 2060. The molecule has 250 valence electrons. The van der Waals surface area contributed by atoms with Crippen molar-refractivity contribution in [2.45, 2.75) is 29.6 Å². The Balaban J connectivity index is 1.17. The van der Waals surface area contributed by atoms with Gasteiger partial charge in [-0.2, -0.15) is 0 Å². The van der Waals surface area contributed by atoms with E-state index in [1.165, 1.54) is 17.8 Å². The number of carboxylic acids is 1. The Labute approximate surface area is 285 Å². The van der Waals surface area contributed by atoms with Crippen LogP contribution in [0.25, 0.3) is 11.3 Å². The van der Waals surface area contributed by atoms with E-state index in [0.717, 1.165) is 27.8 Å². The number of carbonyl (C=O) groups excluding carboxylic acids is 4. The third-order valence-electron chi connectivity index (χ3n) is 7.72. The first-order valence-electron chi connectivity index (χ1n) is 14.6. The molecule has 4 aromatic rings. The summed E-state index contributed by atoms with van der Waals surface area (Å²) in [6, 6.07) is 16.4. The number of pyridine rings is 1. The average molecular weight is 702 g/mol. The number of carbonyl (C=O) groups is 5. The third kappa shape index (κ3) is 6.84. The lowest BCUT2D eigenvalue weighted by atomic mass is 10.0. The molecule has 4 amide bonds. The van der Waals surface area contributed by atoms with E-state index in [0.29, 0.717) is 16.8 Å². The highest BCUT2D eigenvalue weighted by Crippen LogP contribution is 2.41. The first-order chi connectivity index (χ1) is 23.5. The molecule has 2 aliphatic heterocycles. The number of aliphatic carboxylic acids is 1. The van der Waals surface area contributed by atoms with E-state index in [4.69, 9.17) is 10.2 Å². The second-order valence-corrected chi connectivity index (χ2v) is 13.0. The number of benzene rings is 2. The number of nitrogens with two attached hydrogens (primary N) is 1. The molecule has 6 rings (SSSR count). The number of nitrogens with one attached hydrogen (secondary N) is 3. The topological polar surface area (TPSA) is 231 Å². The van der Waals surface area contributed by atoms with Crippen molar-refractivity contribution in [3.63, 3.8) is 0 Å². The van der Waals surface area contributed by atoms with Gasteiger partial charge in [0.05, 0.1) is 0 Å². The molecule has 17 heteroatoms. The number of hydrogen-bond acceptors (Lipinski definition) is 11. The number of rotatable bonds is 11. The molecule has 3 atom stereocenters. The van der Waals surface area contributed by atoms with Gasteiger partial charge in [0.15, 0.2) is 0 Å². The fourth-order valence-corrected chi connectivity index (χ4v) is 7.50. The molecular formula is C32H27N7O8S2. The van der Waals surface area contributed by atoms with Gasteiger partial charge in [0.1, 0.15) is 28.7 Å². The zero-order valence-electron chi connectivity index (χ0n) is 25.5. The van der Waals surface area contributed by atoms with Crippen LogP contribution in [0.2, 0.25) is 0 Å². The predicted octanol–water partition coefficient (Wildman–Crippen LogP) is 1.83. The maximum absolute atomic E-state index is 13.7. The van der Waals surface area contributed by atoms with E-state index >= 15 is 0 Å². The molecule has 4 heterocycles. The highest BCUT2D eigenvalue weighted by molar-refractivity contribution is 8.01. The number of fused-ring (bicyclic) bond motifs is 1. The summed E-state index contributed by atoms with van der Waals surface area (Å²) in [6.45, 7) is 1.94. The highest BCUT2D eigenvalue weighted by atomic mass is 32.2. The van der Waals surface area contributed by atoms with Crippen LogP contribution >= 0.6 is 23.5 Å². The number of aromatic nitrogens is 3. The van der Waals surface area contributed by atoms with E-state index in [1.807, 2.05) is 31.2 Å². The fraction of sp³-hybridized carbons (Fsp3) is 0.188. The summed E-state index contributed by atoms with van der Waals surface area (Å²) < 4.78 is 5.14. The minimum absolute atomic E-state index is 0.00330. The van der Waals surface area contributed by atoms with Crippen molar-refractivity contribution in [3.05, 3.63) is 111 Å². The molecule has 2 unspecified atom stereocenters. The SMILES string of the molecule is Cc1ccc(-c2ccc(C(=O)NC(C(=O)NC3C(=O)N4C(C(=O)O)=C(CSc5nnc(C(N)=O)o5)CS[C@@H]34)c3ccccc3)c(=O)[nH]2)cc1. The number of aromatic amines is 1. The van der Waals surface area contributed by atoms with Crippen molar-refractivity contribution in [1.82, 2.24) is 30.7 Å². The third-order valence-corrected chi connectivity index (χ3v) is 9.97. The predicted molar refractivity (Wildman–Crippen MR) is 177 cm³/mol. The Morgan fingerprint density at radius 1 is 1.08 bits per heavy atom. The van der Waals surface area contributed by atoms with Gasteiger partial charge in [-0.3, -0.25) is 28.9 Å². The van der Waals surface area contributed by atoms with Crippen LogP contribution in [0, 0.1) is 6.92 Å². The van der Waals surface area contributed by atoms with E-state index in [1.54, 1.807) is 36.4 Å². The van der Waals surface area contributed by atoms with Gasteiger partial charge in [0.2, 0.25) is 5.91 Å². The number of amides is 4. The number of H-pyrrole nitrogens is 1. The summed E-state index contributed by atoms with van der Waals surface area (Å²) >= 11 is 2.22. The molecule has 15 nitrogen and oxygen atoms in total. The number of nitrogens with zero attached hydrogens (tertiary/aromatic N) is 3. The smallest absolute Gasteiger partial charge is 0.352 e. The first kappa shape index (κ1) is 33.2. The molecule has 0 saturated carbocycles. The second-order valence-electron chi connectivity index (χ2n) is 11.0. The van der Waals surface area contributed by atoms with Crippen LogP contribution in [0.1, 0.15) is 38.2 Å². The zero-order chi connectivity index (χ0) is 34.8. The van der Waals surface area contributed by atoms with Crippen molar-refractivity contribution < 1.29 is 33.5 Å². The zero-order valence-corrected chi connectivity index (χ0v) is 27.2. The van der Waals surface area contributed by atoms with Crippen LogP contribution < -0.4 is 21.9 Å². The van der Waals surface area contributed by atoms with Gasteiger partial charge < -0.3 is 30.9 Å². The molecule has 0 spiro atoms. The number of β-lactam (4-membered cyclic amide) rings is 1. The van der Waals surface area contributed by atoms with Crippen molar-refractivity contribution in [2.24, 2.45) is 5.73 Å². The molecule has 2 aliphatic rings. The lowest BCUT2D eigenvalue weighted by Gasteiger charge is -2.49. The summed E-state index contributed by atoms with van der Waals surface area (Å²) in [5.41, 5.74) is 7.13. The van der Waals surface area contributed by atoms with Crippen molar-refractivity contribution in [1.29, 1.82) is 0 Å². The Hall–Kier alpha value is -5.68. The number of thioether (sulfide) groups is 2. The summed E-state index contributed by atoms with van der Waals surface area (Å²) in [6.07, 6.45) is 0. The van der Waals surface area contributed by atoms with E-state index in [2.05, 4.69) is 25.8 Å². The summed E-state index contributed by atoms with van der Waals surface area (Å²) in [4.78, 5) is 80.7. The fourth-order valence-electron chi connectivity index (χ4n) is 5.26. The molecule has 0 bridgehead atoms. The summed E-state index contributed by atoms with van der Waals surface area (Å²) in [5, 5.41) is 21.8. The summed E-state index contributed by atoms with van der Waals surface area (Å²) in [5.74, 6) is -4.56. The number of carboxylic acid groups (broad SMARTS) is 1. The Kier molecular flexibility index (Phi) is 9.37. The largest absolute Gasteiger partial charge is 0.477 e. The minimum atomic E-state index is -1.34. The quantitative estimate of drug-likeness (QED) is 0.111. The molecule has 2 aromatic heterocycles. The highest BCUT2D eigenvalue weighted by Gasteiger charge is 2.54. The number of aryl methyl sites for hydroxylation is 1. The van der Waals surface area contributed by atoms with Crippen molar-refractivity contribution in [3.8, 4) is 11.3 Å². The van der Waals surface area contributed by atoms with Crippen LogP contribution in [0.4, 0.5) is 0 Å². The maximum atomic E-state index is 13.7. The molecule has 2 aromatic carbocycles. The van der Waals surface area contributed by atoms with Crippen LogP contribution in [0.5, 0.6) is 0 Å². The van der Waals surface area contributed by atoms with Gasteiger partial charge in [-0.25, -0.2) is 4.79 Å². The molecule has 0 radical (unpaired) electrons. The van der Waals surface area contributed by atoms with Crippen molar-refractivity contribution in [2.75, 3.05) is 11.5 Å². The average Bonchev–Trinajstić information content (AvgIpc) is 3.58. The van der Waals surface area contributed by atoms with Gasteiger partial charge in [-0.15, -0.1) is 22.0 Å². The molecule has 49 heavy (non-hydrogen) atoms. The Morgan fingerprint density at radius 3 is 2.47 bits per heavy atom. The van der Waals surface area contributed by atoms with Gasteiger partial charge >= 0.3 is 17.8 Å². The van der Waals surface area contributed by atoms with E-state index in [-0.39, 0.29) is 28.0 Å². The van der Waals surface area contributed by atoms with Gasteiger partial charge in [-0.1, -0.05) is 71.9 Å². The Morgan fingerprint density at radius 2 is 1.82 bits per heavy atom. The maximum Gasteiger partial charge on any atom is 0.352 e. The van der Waals surface area contributed by atoms with Crippen LogP contribution in [-0.4, -0.2) is 77.7 Å². The molecule has 1 saturated heterocycles. The molecule has 6 N–H and O–H groups in total. The number of primary amides is 1. The second kappa shape index (κ2) is 13.8. The van der Waals surface area contributed by atoms with Crippen LogP contribution in [-0.2, 0) is 14.4 Å². The van der Waals surface area contributed by atoms with Crippen LogP contribution in [0.3, 0.4) is 0 Å². The van der Waals surface area contributed by atoms with Gasteiger partial charge in [0, 0.05) is 17.2 Å². The first-order valence-corrected chi connectivity index (χ1v) is 16.7. The monoisotopic (exact) mass is 701 g/mol.